The molecule has 0 atom stereocenters. The number of carboxylic acids is 1. The van der Waals surface area contributed by atoms with Crippen molar-refractivity contribution in [1.29, 1.82) is 0 Å². The summed E-state index contributed by atoms with van der Waals surface area (Å²) in [7, 11) is 0. The summed E-state index contributed by atoms with van der Waals surface area (Å²) in [5, 5.41) is 14.3. The summed E-state index contributed by atoms with van der Waals surface area (Å²) < 4.78 is 0. The fraction of sp³-hybridized carbons (Fsp3) is 0.0714. The van der Waals surface area contributed by atoms with Crippen molar-refractivity contribution in [1.82, 2.24) is 4.98 Å². The molecule has 0 spiro atoms. The highest BCUT2D eigenvalue weighted by Gasteiger charge is 2.06. The number of aromatic carboxylic acids is 1. The molecule has 0 aliphatic rings. The summed E-state index contributed by atoms with van der Waals surface area (Å²) in [5.74, 6) is -0.715. The van der Waals surface area contributed by atoms with Gasteiger partial charge in [0.1, 0.15) is 5.82 Å². The van der Waals surface area contributed by atoms with Crippen LogP contribution in [-0.4, -0.2) is 28.5 Å². The lowest BCUT2D eigenvalue weighted by atomic mass is 10.2. The summed E-state index contributed by atoms with van der Waals surface area (Å²) >= 11 is 0. The number of carbonyl (C=O) groups excluding carboxylic acids is 1. The first-order valence-electron chi connectivity index (χ1n) is 5.93. The number of carboxylic acid groups (broad SMARTS) is 1. The van der Waals surface area contributed by atoms with Gasteiger partial charge in [0.2, 0.25) is 5.91 Å². The fourth-order valence-corrected chi connectivity index (χ4v) is 1.57. The van der Waals surface area contributed by atoms with Crippen molar-refractivity contribution in [3.63, 3.8) is 0 Å². The lowest BCUT2D eigenvalue weighted by Gasteiger charge is -2.07. The molecule has 0 bridgehead atoms. The van der Waals surface area contributed by atoms with E-state index in [1.165, 1.54) is 12.1 Å². The van der Waals surface area contributed by atoms with E-state index in [1.807, 2.05) is 6.07 Å². The van der Waals surface area contributed by atoms with E-state index in [0.29, 0.717) is 11.5 Å². The molecule has 2 rings (SSSR count). The number of pyridine rings is 1. The standard InChI is InChI=1S/C14H13N3O3/c18-13(9-16-12-6-1-2-7-15-12)17-11-5-3-4-10(8-11)14(19)20/h1-8H,9H2,(H,15,16)(H,17,18)(H,19,20). The molecule has 6 nitrogen and oxygen atoms in total. The van der Waals surface area contributed by atoms with Crippen molar-refractivity contribution in [3.8, 4) is 0 Å². The van der Waals surface area contributed by atoms with Crippen LogP contribution >= 0.6 is 0 Å². The molecule has 6 heteroatoms. The van der Waals surface area contributed by atoms with Gasteiger partial charge in [-0.15, -0.1) is 0 Å². The lowest BCUT2D eigenvalue weighted by Crippen LogP contribution is -2.22. The Hall–Kier alpha value is -2.89. The summed E-state index contributed by atoms with van der Waals surface area (Å²) in [6.07, 6.45) is 1.62. The van der Waals surface area contributed by atoms with E-state index in [4.69, 9.17) is 5.11 Å². The average molecular weight is 271 g/mol. The molecular formula is C14H13N3O3. The van der Waals surface area contributed by atoms with E-state index in [9.17, 15) is 9.59 Å². The first-order chi connectivity index (χ1) is 9.65. The van der Waals surface area contributed by atoms with Gasteiger partial charge in [0.05, 0.1) is 12.1 Å². The first-order valence-corrected chi connectivity index (χ1v) is 5.93. The average Bonchev–Trinajstić information content (AvgIpc) is 2.46. The van der Waals surface area contributed by atoms with E-state index in [1.54, 1.807) is 30.5 Å². The van der Waals surface area contributed by atoms with Gasteiger partial charge in [-0.2, -0.15) is 0 Å². The molecule has 0 saturated carbocycles. The maximum absolute atomic E-state index is 11.7. The second-order valence-electron chi connectivity index (χ2n) is 4.00. The van der Waals surface area contributed by atoms with Crippen LogP contribution in [0.2, 0.25) is 0 Å². The molecule has 0 unspecified atom stereocenters. The van der Waals surface area contributed by atoms with Crippen LogP contribution in [0.25, 0.3) is 0 Å². The zero-order chi connectivity index (χ0) is 14.4. The van der Waals surface area contributed by atoms with Gasteiger partial charge in [0.25, 0.3) is 0 Å². The van der Waals surface area contributed by atoms with E-state index < -0.39 is 5.97 Å². The molecule has 1 aromatic heterocycles. The van der Waals surface area contributed by atoms with Crippen LogP contribution in [0.5, 0.6) is 0 Å². The molecule has 0 aliphatic carbocycles. The third kappa shape index (κ3) is 3.81. The summed E-state index contributed by atoms with van der Waals surface area (Å²) in [6, 6.07) is 11.4. The van der Waals surface area contributed by atoms with Crippen molar-refractivity contribution >= 4 is 23.4 Å². The second kappa shape index (κ2) is 6.33. The number of rotatable bonds is 5. The van der Waals surface area contributed by atoms with Crippen molar-refractivity contribution in [2.45, 2.75) is 0 Å². The third-order valence-electron chi connectivity index (χ3n) is 2.49. The van der Waals surface area contributed by atoms with Crippen molar-refractivity contribution in [2.75, 3.05) is 17.2 Å². The minimum Gasteiger partial charge on any atom is -0.478 e. The van der Waals surface area contributed by atoms with Gasteiger partial charge in [-0.25, -0.2) is 9.78 Å². The van der Waals surface area contributed by atoms with E-state index >= 15 is 0 Å². The maximum Gasteiger partial charge on any atom is 0.335 e. The zero-order valence-corrected chi connectivity index (χ0v) is 10.5. The fourth-order valence-electron chi connectivity index (χ4n) is 1.57. The van der Waals surface area contributed by atoms with Crippen molar-refractivity contribution in [2.24, 2.45) is 0 Å². The minimum absolute atomic E-state index is 0.0499. The molecule has 1 amide bonds. The molecule has 0 saturated heterocycles. The van der Waals surface area contributed by atoms with Crippen LogP contribution in [0.3, 0.4) is 0 Å². The predicted molar refractivity (Wildman–Crippen MR) is 74.8 cm³/mol. The van der Waals surface area contributed by atoms with Crippen LogP contribution in [0.4, 0.5) is 11.5 Å². The van der Waals surface area contributed by atoms with Gasteiger partial charge in [0, 0.05) is 11.9 Å². The van der Waals surface area contributed by atoms with Crippen LogP contribution in [0.1, 0.15) is 10.4 Å². The number of nitrogens with zero attached hydrogens (tertiary/aromatic N) is 1. The first kappa shape index (κ1) is 13.5. The van der Waals surface area contributed by atoms with Gasteiger partial charge < -0.3 is 15.7 Å². The predicted octanol–water partition coefficient (Wildman–Crippen LogP) is 1.83. The van der Waals surface area contributed by atoms with Gasteiger partial charge in [-0.1, -0.05) is 12.1 Å². The van der Waals surface area contributed by atoms with Crippen LogP contribution in [0, 0.1) is 0 Å². The molecule has 0 radical (unpaired) electrons. The van der Waals surface area contributed by atoms with Crippen LogP contribution in [0.15, 0.2) is 48.7 Å². The number of benzene rings is 1. The Balaban J connectivity index is 1.91. The Kier molecular flexibility index (Phi) is 4.28. The Morgan fingerprint density at radius 3 is 2.70 bits per heavy atom. The zero-order valence-electron chi connectivity index (χ0n) is 10.5. The van der Waals surface area contributed by atoms with Gasteiger partial charge >= 0.3 is 5.97 Å². The van der Waals surface area contributed by atoms with Crippen LogP contribution < -0.4 is 10.6 Å². The summed E-state index contributed by atoms with van der Waals surface area (Å²) in [4.78, 5) is 26.6. The smallest absolute Gasteiger partial charge is 0.335 e. The normalized spacial score (nSPS) is 9.80. The molecule has 1 heterocycles. The highest BCUT2D eigenvalue weighted by atomic mass is 16.4. The maximum atomic E-state index is 11.7. The van der Waals surface area contributed by atoms with Gasteiger partial charge in [-0.3, -0.25) is 4.79 Å². The number of nitrogens with one attached hydrogen (secondary N) is 2. The Bertz CT molecular complexity index is 614. The molecule has 1 aromatic carbocycles. The largest absolute Gasteiger partial charge is 0.478 e. The van der Waals surface area contributed by atoms with E-state index in [2.05, 4.69) is 15.6 Å². The molecule has 3 N–H and O–H groups in total. The third-order valence-corrected chi connectivity index (χ3v) is 2.49. The van der Waals surface area contributed by atoms with E-state index in [0.717, 1.165) is 0 Å². The molecule has 0 fully saturated rings. The van der Waals surface area contributed by atoms with Crippen molar-refractivity contribution < 1.29 is 14.7 Å². The number of hydrogen-bond donors (Lipinski definition) is 3. The molecule has 102 valence electrons. The van der Waals surface area contributed by atoms with Gasteiger partial charge in [0.15, 0.2) is 0 Å². The number of hydrogen-bond acceptors (Lipinski definition) is 4. The highest BCUT2D eigenvalue weighted by Crippen LogP contribution is 2.10. The SMILES string of the molecule is O=C(CNc1ccccn1)Nc1cccc(C(=O)O)c1. The van der Waals surface area contributed by atoms with Crippen LogP contribution in [-0.2, 0) is 4.79 Å². The Labute approximate surface area is 115 Å². The summed E-state index contributed by atoms with van der Waals surface area (Å²) in [6.45, 7) is 0.0499. The molecule has 20 heavy (non-hydrogen) atoms. The minimum atomic E-state index is -1.03. The number of aromatic nitrogens is 1. The van der Waals surface area contributed by atoms with Crippen molar-refractivity contribution in [3.05, 3.63) is 54.2 Å². The molecular weight excluding hydrogens is 258 g/mol. The number of amides is 1. The number of anilines is 2. The second-order valence-corrected chi connectivity index (χ2v) is 4.00. The molecule has 2 aromatic rings. The Morgan fingerprint density at radius 2 is 2.00 bits per heavy atom. The summed E-state index contributed by atoms with van der Waals surface area (Å²) in [5.41, 5.74) is 0.568. The lowest BCUT2D eigenvalue weighted by molar-refractivity contribution is -0.114. The Morgan fingerprint density at radius 1 is 1.15 bits per heavy atom. The molecule has 0 aliphatic heterocycles. The number of carbonyl (C=O) groups is 2. The van der Waals surface area contributed by atoms with E-state index in [-0.39, 0.29) is 18.0 Å². The quantitative estimate of drug-likeness (QED) is 0.771. The highest BCUT2D eigenvalue weighted by molar-refractivity contribution is 5.95. The van der Waals surface area contributed by atoms with Gasteiger partial charge in [-0.05, 0) is 30.3 Å². The monoisotopic (exact) mass is 271 g/mol. The topological polar surface area (TPSA) is 91.3 Å².